The Morgan fingerprint density at radius 2 is 2.11 bits per heavy atom. The van der Waals surface area contributed by atoms with Crippen LogP contribution >= 0.6 is 0 Å². The zero-order valence-corrected chi connectivity index (χ0v) is 12.2. The fraction of sp³-hybridized carbons (Fsp3) is 0.688. The van der Waals surface area contributed by atoms with Gasteiger partial charge < -0.3 is 5.32 Å². The molecule has 2 rings (SSSR count). The van der Waals surface area contributed by atoms with E-state index in [0.29, 0.717) is 17.4 Å². The monoisotopic (exact) mass is 246 g/mol. The second kappa shape index (κ2) is 5.40. The van der Waals surface area contributed by atoms with Crippen molar-refractivity contribution in [3.8, 4) is 0 Å². The highest BCUT2D eigenvalue weighted by Crippen LogP contribution is 2.46. The lowest BCUT2D eigenvalue weighted by atomic mass is 9.65. The topological polar surface area (TPSA) is 24.9 Å². The highest BCUT2D eigenvalue weighted by Gasteiger charge is 2.37. The van der Waals surface area contributed by atoms with Crippen LogP contribution in [0.1, 0.15) is 56.7 Å². The molecule has 1 N–H and O–H groups in total. The van der Waals surface area contributed by atoms with Crippen LogP contribution in [0.5, 0.6) is 0 Å². The fourth-order valence-corrected chi connectivity index (χ4v) is 3.49. The minimum Gasteiger partial charge on any atom is -0.313 e. The van der Waals surface area contributed by atoms with Gasteiger partial charge in [0.2, 0.25) is 0 Å². The van der Waals surface area contributed by atoms with Crippen LogP contribution in [0.2, 0.25) is 0 Å². The Bertz CT molecular complexity index is 398. The fourth-order valence-electron chi connectivity index (χ4n) is 3.49. The summed E-state index contributed by atoms with van der Waals surface area (Å²) in [6.07, 6.45) is 9.38. The van der Waals surface area contributed by atoms with Crippen molar-refractivity contribution in [3.05, 3.63) is 29.6 Å². The summed E-state index contributed by atoms with van der Waals surface area (Å²) in [6.45, 7) is 6.96. The van der Waals surface area contributed by atoms with Crippen LogP contribution in [0.25, 0.3) is 0 Å². The molecule has 2 nitrogen and oxygen atoms in total. The first-order chi connectivity index (χ1) is 8.54. The molecule has 1 aliphatic rings. The molecule has 0 amide bonds. The van der Waals surface area contributed by atoms with Gasteiger partial charge in [-0.25, -0.2) is 0 Å². The summed E-state index contributed by atoms with van der Waals surface area (Å²) in [7, 11) is 2.08. The van der Waals surface area contributed by atoms with Crippen LogP contribution < -0.4 is 5.32 Å². The Hall–Kier alpha value is -0.890. The molecule has 0 spiro atoms. The Balaban J connectivity index is 2.27. The predicted octanol–water partition coefficient (Wildman–Crippen LogP) is 3.87. The molecule has 1 aromatic rings. The smallest absolute Gasteiger partial charge is 0.0366 e. The molecule has 1 fully saturated rings. The molecule has 1 heterocycles. The molecule has 18 heavy (non-hydrogen) atoms. The van der Waals surface area contributed by atoms with E-state index in [1.165, 1.54) is 36.8 Å². The average Bonchev–Trinajstić information content (AvgIpc) is 2.32. The van der Waals surface area contributed by atoms with E-state index in [0.717, 1.165) is 0 Å². The van der Waals surface area contributed by atoms with Crippen molar-refractivity contribution in [1.29, 1.82) is 0 Å². The molecule has 0 bridgehead atoms. The van der Waals surface area contributed by atoms with Crippen molar-refractivity contribution in [2.45, 2.75) is 52.5 Å². The van der Waals surface area contributed by atoms with Gasteiger partial charge in [-0.15, -0.1) is 0 Å². The highest BCUT2D eigenvalue weighted by molar-refractivity contribution is 5.21. The lowest BCUT2D eigenvalue weighted by Crippen LogP contribution is -2.37. The van der Waals surface area contributed by atoms with E-state index in [4.69, 9.17) is 0 Å². The molecular formula is C16H26N2. The summed E-state index contributed by atoms with van der Waals surface area (Å²) in [6, 6.07) is 2.71. The van der Waals surface area contributed by atoms with Gasteiger partial charge in [0, 0.05) is 18.4 Å². The van der Waals surface area contributed by atoms with E-state index in [9.17, 15) is 0 Å². The minimum atomic E-state index is 0.426. The molecule has 2 heteroatoms. The molecule has 100 valence electrons. The summed E-state index contributed by atoms with van der Waals surface area (Å²) in [5, 5.41) is 3.53. The van der Waals surface area contributed by atoms with E-state index in [2.05, 4.69) is 44.2 Å². The molecule has 2 unspecified atom stereocenters. The van der Waals surface area contributed by atoms with Crippen LogP contribution in [-0.2, 0) is 0 Å². The van der Waals surface area contributed by atoms with Crippen molar-refractivity contribution in [2.75, 3.05) is 7.05 Å². The molecule has 0 radical (unpaired) electrons. The highest BCUT2D eigenvalue weighted by atomic mass is 14.9. The number of rotatable bonds is 3. The summed E-state index contributed by atoms with van der Waals surface area (Å²) >= 11 is 0. The van der Waals surface area contributed by atoms with Crippen LogP contribution in [0.3, 0.4) is 0 Å². The lowest BCUT2D eigenvalue weighted by Gasteiger charge is -2.43. The van der Waals surface area contributed by atoms with E-state index in [1.54, 1.807) is 0 Å². The van der Waals surface area contributed by atoms with Crippen LogP contribution in [0.15, 0.2) is 18.5 Å². The molecule has 0 saturated heterocycles. The van der Waals surface area contributed by atoms with Crippen molar-refractivity contribution < 1.29 is 0 Å². The standard InChI is InChI=1S/C16H26N2/c1-12-9-13(11-18-10-12)15(17-4)14-7-5-6-8-16(14,2)3/h9-11,14-15,17H,5-8H2,1-4H3. The summed E-state index contributed by atoms with van der Waals surface area (Å²) in [5.74, 6) is 0.708. The van der Waals surface area contributed by atoms with Gasteiger partial charge in [-0.2, -0.15) is 0 Å². The zero-order valence-electron chi connectivity index (χ0n) is 12.2. The molecule has 1 aliphatic carbocycles. The first kappa shape index (κ1) is 13.5. The Labute approximate surface area is 111 Å². The van der Waals surface area contributed by atoms with Crippen molar-refractivity contribution >= 4 is 0 Å². The van der Waals surface area contributed by atoms with Crippen molar-refractivity contribution in [2.24, 2.45) is 11.3 Å². The Kier molecular flexibility index (Phi) is 4.06. The molecule has 0 aliphatic heterocycles. The van der Waals surface area contributed by atoms with E-state index in [1.807, 2.05) is 12.4 Å². The third-order valence-corrected chi connectivity index (χ3v) is 4.56. The first-order valence-corrected chi connectivity index (χ1v) is 7.13. The van der Waals surface area contributed by atoms with Gasteiger partial charge in [0.15, 0.2) is 0 Å². The second-order valence-electron chi connectivity index (χ2n) is 6.40. The number of nitrogens with one attached hydrogen (secondary N) is 1. The third-order valence-electron chi connectivity index (χ3n) is 4.56. The summed E-state index contributed by atoms with van der Waals surface area (Å²) < 4.78 is 0. The number of aromatic nitrogens is 1. The molecular weight excluding hydrogens is 220 g/mol. The predicted molar refractivity (Wildman–Crippen MR) is 76.5 cm³/mol. The Morgan fingerprint density at radius 1 is 1.33 bits per heavy atom. The Morgan fingerprint density at radius 3 is 2.72 bits per heavy atom. The zero-order chi connectivity index (χ0) is 13.2. The van der Waals surface area contributed by atoms with Gasteiger partial charge in [0.1, 0.15) is 0 Å². The van der Waals surface area contributed by atoms with Gasteiger partial charge in [-0.1, -0.05) is 32.8 Å². The van der Waals surface area contributed by atoms with Gasteiger partial charge in [-0.05, 0) is 49.3 Å². The molecule has 1 aromatic heterocycles. The van der Waals surface area contributed by atoms with E-state index in [-0.39, 0.29) is 0 Å². The maximum Gasteiger partial charge on any atom is 0.0366 e. The van der Waals surface area contributed by atoms with Gasteiger partial charge >= 0.3 is 0 Å². The number of pyridine rings is 1. The third kappa shape index (κ3) is 2.74. The first-order valence-electron chi connectivity index (χ1n) is 7.13. The number of hydrogen-bond acceptors (Lipinski definition) is 2. The maximum absolute atomic E-state index is 4.36. The van der Waals surface area contributed by atoms with Gasteiger partial charge in [0.25, 0.3) is 0 Å². The number of nitrogens with zero attached hydrogens (tertiary/aromatic N) is 1. The summed E-state index contributed by atoms with van der Waals surface area (Å²) in [5.41, 5.74) is 3.02. The van der Waals surface area contributed by atoms with Gasteiger partial charge in [-0.3, -0.25) is 4.98 Å². The number of aryl methyl sites for hydroxylation is 1. The van der Waals surface area contributed by atoms with Crippen LogP contribution in [0.4, 0.5) is 0 Å². The minimum absolute atomic E-state index is 0.426. The second-order valence-corrected chi connectivity index (χ2v) is 6.40. The SMILES string of the molecule is CNC(c1cncc(C)c1)C1CCCCC1(C)C. The average molecular weight is 246 g/mol. The number of hydrogen-bond donors (Lipinski definition) is 1. The maximum atomic E-state index is 4.36. The van der Waals surface area contributed by atoms with E-state index < -0.39 is 0 Å². The van der Waals surface area contributed by atoms with Gasteiger partial charge in [0.05, 0.1) is 0 Å². The van der Waals surface area contributed by atoms with Crippen molar-refractivity contribution in [3.63, 3.8) is 0 Å². The normalized spacial score (nSPS) is 24.8. The van der Waals surface area contributed by atoms with Crippen LogP contribution in [0, 0.1) is 18.3 Å². The van der Waals surface area contributed by atoms with E-state index >= 15 is 0 Å². The van der Waals surface area contributed by atoms with Crippen molar-refractivity contribution in [1.82, 2.24) is 10.3 Å². The molecule has 1 saturated carbocycles. The molecule has 0 aromatic carbocycles. The van der Waals surface area contributed by atoms with Crippen LogP contribution in [-0.4, -0.2) is 12.0 Å². The molecule has 2 atom stereocenters. The lowest BCUT2D eigenvalue weighted by molar-refractivity contribution is 0.101. The quantitative estimate of drug-likeness (QED) is 0.876. The largest absolute Gasteiger partial charge is 0.313 e. The summed E-state index contributed by atoms with van der Waals surface area (Å²) in [4.78, 5) is 4.36.